The predicted octanol–water partition coefficient (Wildman–Crippen LogP) is 4.43. The van der Waals surface area contributed by atoms with Gasteiger partial charge < -0.3 is 14.9 Å². The standard InChI is InChI=1S/C16H20ClNO2/c1-16(2,3)15(18)14(13-8-5-9-19-13)20-12-7-4-6-11(17)10-12/h4-10,14-15H,18H2,1-3H3. The Kier molecular flexibility index (Phi) is 4.41. The van der Waals surface area contributed by atoms with Crippen LogP contribution in [-0.2, 0) is 0 Å². The van der Waals surface area contributed by atoms with Gasteiger partial charge in [0, 0.05) is 5.02 Å². The molecule has 108 valence electrons. The van der Waals surface area contributed by atoms with Crippen molar-refractivity contribution >= 4 is 11.6 Å². The maximum absolute atomic E-state index is 6.35. The van der Waals surface area contributed by atoms with Gasteiger partial charge in [-0.05, 0) is 35.7 Å². The first-order chi connectivity index (χ1) is 9.38. The number of rotatable bonds is 4. The van der Waals surface area contributed by atoms with Crippen molar-refractivity contribution in [3.8, 4) is 5.75 Å². The van der Waals surface area contributed by atoms with E-state index in [2.05, 4.69) is 20.8 Å². The molecule has 0 aliphatic carbocycles. The van der Waals surface area contributed by atoms with E-state index in [0.717, 1.165) is 0 Å². The third kappa shape index (κ3) is 3.56. The first-order valence-corrected chi connectivity index (χ1v) is 6.97. The van der Waals surface area contributed by atoms with Crippen LogP contribution in [0.15, 0.2) is 47.1 Å². The number of hydrogen-bond acceptors (Lipinski definition) is 3. The smallest absolute Gasteiger partial charge is 0.171 e. The number of benzene rings is 1. The Morgan fingerprint density at radius 3 is 2.50 bits per heavy atom. The number of nitrogens with two attached hydrogens (primary N) is 1. The molecule has 0 aliphatic heterocycles. The summed E-state index contributed by atoms with van der Waals surface area (Å²) in [7, 11) is 0. The summed E-state index contributed by atoms with van der Waals surface area (Å²) >= 11 is 5.99. The molecule has 0 saturated carbocycles. The third-order valence-electron chi connectivity index (χ3n) is 3.21. The monoisotopic (exact) mass is 293 g/mol. The SMILES string of the molecule is CC(C)(C)C(N)C(Oc1cccc(Cl)c1)c1ccco1. The fraction of sp³-hybridized carbons (Fsp3) is 0.375. The Balaban J connectivity index is 2.28. The van der Waals surface area contributed by atoms with Crippen LogP contribution >= 0.6 is 11.6 Å². The Labute approximate surface area is 124 Å². The minimum Gasteiger partial charge on any atom is -0.481 e. The summed E-state index contributed by atoms with van der Waals surface area (Å²) in [6.45, 7) is 6.23. The van der Waals surface area contributed by atoms with Gasteiger partial charge in [-0.15, -0.1) is 0 Å². The summed E-state index contributed by atoms with van der Waals surface area (Å²) in [5.41, 5.74) is 6.24. The molecule has 2 unspecified atom stereocenters. The van der Waals surface area contributed by atoms with Crippen molar-refractivity contribution in [1.82, 2.24) is 0 Å². The van der Waals surface area contributed by atoms with Crippen molar-refractivity contribution in [3.63, 3.8) is 0 Å². The maximum Gasteiger partial charge on any atom is 0.171 e. The summed E-state index contributed by atoms with van der Waals surface area (Å²) in [6, 6.07) is 10.8. The summed E-state index contributed by atoms with van der Waals surface area (Å²) in [5.74, 6) is 1.39. The molecule has 20 heavy (non-hydrogen) atoms. The van der Waals surface area contributed by atoms with Crippen molar-refractivity contribution in [1.29, 1.82) is 0 Å². The molecule has 0 bridgehead atoms. The Morgan fingerprint density at radius 1 is 1.20 bits per heavy atom. The van der Waals surface area contributed by atoms with Crippen molar-refractivity contribution in [2.24, 2.45) is 11.1 Å². The molecule has 2 aromatic rings. The minimum atomic E-state index is -0.358. The van der Waals surface area contributed by atoms with Crippen LogP contribution in [0.4, 0.5) is 0 Å². The number of furan rings is 1. The lowest BCUT2D eigenvalue weighted by atomic mass is 9.83. The van der Waals surface area contributed by atoms with Crippen molar-refractivity contribution < 1.29 is 9.15 Å². The normalized spacial score (nSPS) is 14.8. The van der Waals surface area contributed by atoms with Crippen LogP contribution in [0, 0.1) is 5.41 Å². The minimum absolute atomic E-state index is 0.115. The molecule has 2 atom stereocenters. The molecule has 1 aromatic carbocycles. The molecule has 0 aliphatic rings. The van der Waals surface area contributed by atoms with E-state index in [4.69, 9.17) is 26.5 Å². The number of hydrogen-bond donors (Lipinski definition) is 1. The molecule has 0 fully saturated rings. The first-order valence-electron chi connectivity index (χ1n) is 6.59. The average molecular weight is 294 g/mol. The average Bonchev–Trinajstić information content (AvgIpc) is 2.87. The second-order valence-electron chi connectivity index (χ2n) is 5.90. The molecule has 2 N–H and O–H groups in total. The molecule has 2 rings (SSSR count). The zero-order chi connectivity index (χ0) is 14.8. The molecule has 4 heteroatoms. The second-order valence-corrected chi connectivity index (χ2v) is 6.34. The fourth-order valence-electron chi connectivity index (χ4n) is 1.90. The predicted molar refractivity (Wildman–Crippen MR) is 81.0 cm³/mol. The summed E-state index contributed by atoms with van der Waals surface area (Å²) in [4.78, 5) is 0. The van der Waals surface area contributed by atoms with Gasteiger partial charge in [-0.2, -0.15) is 0 Å². The molecule has 0 radical (unpaired) electrons. The van der Waals surface area contributed by atoms with Gasteiger partial charge in [0.1, 0.15) is 11.5 Å². The summed E-state index contributed by atoms with van der Waals surface area (Å²) in [6.07, 6.45) is 1.27. The molecular formula is C16H20ClNO2. The van der Waals surface area contributed by atoms with Gasteiger partial charge in [0.2, 0.25) is 0 Å². The molecular weight excluding hydrogens is 274 g/mol. The quantitative estimate of drug-likeness (QED) is 0.907. The van der Waals surface area contributed by atoms with E-state index in [1.54, 1.807) is 18.4 Å². The zero-order valence-electron chi connectivity index (χ0n) is 12.0. The van der Waals surface area contributed by atoms with Crippen molar-refractivity contribution in [2.75, 3.05) is 0 Å². The van der Waals surface area contributed by atoms with Gasteiger partial charge >= 0.3 is 0 Å². The highest BCUT2D eigenvalue weighted by atomic mass is 35.5. The van der Waals surface area contributed by atoms with E-state index in [-0.39, 0.29) is 17.6 Å². The fourth-order valence-corrected chi connectivity index (χ4v) is 2.08. The topological polar surface area (TPSA) is 48.4 Å². The van der Waals surface area contributed by atoms with Gasteiger partial charge in [0.15, 0.2) is 6.10 Å². The van der Waals surface area contributed by atoms with E-state index in [9.17, 15) is 0 Å². The third-order valence-corrected chi connectivity index (χ3v) is 3.44. The van der Waals surface area contributed by atoms with Crippen LogP contribution < -0.4 is 10.5 Å². The van der Waals surface area contributed by atoms with Gasteiger partial charge in [-0.3, -0.25) is 0 Å². The molecule has 3 nitrogen and oxygen atoms in total. The van der Waals surface area contributed by atoms with E-state index in [0.29, 0.717) is 16.5 Å². The van der Waals surface area contributed by atoms with E-state index >= 15 is 0 Å². The van der Waals surface area contributed by atoms with E-state index in [1.807, 2.05) is 24.3 Å². The van der Waals surface area contributed by atoms with E-state index < -0.39 is 0 Å². The van der Waals surface area contributed by atoms with E-state index in [1.165, 1.54) is 0 Å². The Morgan fingerprint density at radius 2 is 1.95 bits per heavy atom. The first kappa shape index (κ1) is 14.9. The second kappa shape index (κ2) is 5.90. The highest BCUT2D eigenvalue weighted by molar-refractivity contribution is 6.30. The largest absolute Gasteiger partial charge is 0.481 e. The zero-order valence-corrected chi connectivity index (χ0v) is 12.7. The summed E-state index contributed by atoms with van der Waals surface area (Å²) < 4.78 is 11.5. The highest BCUT2D eigenvalue weighted by Crippen LogP contribution is 2.33. The van der Waals surface area contributed by atoms with Gasteiger partial charge in [0.25, 0.3) is 0 Å². The van der Waals surface area contributed by atoms with Crippen LogP contribution in [0.1, 0.15) is 32.6 Å². The molecule has 1 aromatic heterocycles. The maximum atomic E-state index is 6.35. The molecule has 1 heterocycles. The molecule has 0 saturated heterocycles. The van der Waals surface area contributed by atoms with Crippen molar-refractivity contribution in [2.45, 2.75) is 32.9 Å². The van der Waals surface area contributed by atoms with Crippen LogP contribution in [0.3, 0.4) is 0 Å². The number of halogens is 1. The molecule has 0 amide bonds. The summed E-state index contributed by atoms with van der Waals surface area (Å²) in [5, 5.41) is 0.630. The van der Waals surface area contributed by atoms with Gasteiger partial charge in [-0.25, -0.2) is 0 Å². The Bertz CT molecular complexity index is 546. The highest BCUT2D eigenvalue weighted by Gasteiger charge is 2.33. The van der Waals surface area contributed by atoms with Crippen LogP contribution in [0.2, 0.25) is 5.02 Å². The van der Waals surface area contributed by atoms with Gasteiger partial charge in [0.05, 0.1) is 12.3 Å². The Hall–Kier alpha value is -1.45. The lowest BCUT2D eigenvalue weighted by Gasteiger charge is -2.33. The van der Waals surface area contributed by atoms with Crippen LogP contribution in [0.25, 0.3) is 0 Å². The van der Waals surface area contributed by atoms with Gasteiger partial charge in [-0.1, -0.05) is 38.4 Å². The van der Waals surface area contributed by atoms with Crippen LogP contribution in [-0.4, -0.2) is 6.04 Å². The molecule has 0 spiro atoms. The number of ether oxygens (including phenoxy) is 1. The van der Waals surface area contributed by atoms with Crippen molar-refractivity contribution in [3.05, 3.63) is 53.4 Å². The van der Waals surface area contributed by atoms with Crippen LogP contribution in [0.5, 0.6) is 5.75 Å². The lowest BCUT2D eigenvalue weighted by Crippen LogP contribution is -2.42. The lowest BCUT2D eigenvalue weighted by molar-refractivity contribution is 0.0951.